The van der Waals surface area contributed by atoms with Gasteiger partial charge in [0.25, 0.3) is 11.2 Å². The van der Waals surface area contributed by atoms with Gasteiger partial charge in [-0.2, -0.15) is 27.8 Å². The molecule has 0 bridgehead atoms. The highest BCUT2D eigenvalue weighted by Gasteiger charge is 2.62. The smallest absolute Gasteiger partial charge is 0.425 e. The summed E-state index contributed by atoms with van der Waals surface area (Å²) in [6.45, 7) is 8.70. The van der Waals surface area contributed by atoms with Crippen molar-refractivity contribution in [3.05, 3.63) is 11.5 Å². The molecule has 1 saturated carbocycles. The van der Waals surface area contributed by atoms with Crippen LogP contribution in [0.1, 0.15) is 80.4 Å². The third-order valence-corrected chi connectivity index (χ3v) is 13.4. The van der Waals surface area contributed by atoms with E-state index in [0.29, 0.717) is 12.8 Å². The minimum Gasteiger partial charge on any atom is -0.465 e. The maximum atomic E-state index is 14.6. The fraction of sp³-hybridized carbons (Fsp3) is 0.758. The van der Waals surface area contributed by atoms with Crippen LogP contribution >= 0.6 is 19.2 Å². The lowest BCUT2D eigenvalue weighted by atomic mass is 10.1. The number of hydrogen-bond donors (Lipinski definition) is 2. The first-order chi connectivity index (χ1) is 27.0. The van der Waals surface area contributed by atoms with Crippen LogP contribution in [0.2, 0.25) is 5.28 Å². The van der Waals surface area contributed by atoms with Crippen molar-refractivity contribution in [2.24, 2.45) is 0 Å². The van der Waals surface area contributed by atoms with E-state index in [1.54, 1.807) is 18.6 Å². The van der Waals surface area contributed by atoms with E-state index in [0.717, 1.165) is 27.0 Å². The molecule has 4 heterocycles. The second-order valence-corrected chi connectivity index (χ2v) is 19.4. The molecule has 0 spiro atoms. The predicted molar refractivity (Wildman–Crippen MR) is 203 cm³/mol. The van der Waals surface area contributed by atoms with Gasteiger partial charge in [0, 0.05) is 20.2 Å². The summed E-state index contributed by atoms with van der Waals surface area (Å²) in [5, 5.41) is 11.9. The van der Waals surface area contributed by atoms with Gasteiger partial charge in [0.1, 0.15) is 23.9 Å². The Morgan fingerprint density at radius 3 is 2.29 bits per heavy atom. The molecule has 22 nitrogen and oxygen atoms in total. The molecule has 5 atom stereocenters. The van der Waals surface area contributed by atoms with Gasteiger partial charge in [-0.25, -0.2) is 19.0 Å². The van der Waals surface area contributed by atoms with Crippen LogP contribution in [0, 0.1) is 0 Å². The summed E-state index contributed by atoms with van der Waals surface area (Å²) in [4.78, 5) is 49.4. The molecule has 58 heavy (non-hydrogen) atoms. The number of rotatable bonds is 16. The highest BCUT2D eigenvalue weighted by molar-refractivity contribution is 7.88. The van der Waals surface area contributed by atoms with Gasteiger partial charge in [0.2, 0.25) is 5.28 Å². The Labute approximate surface area is 340 Å². The molecule has 3 fully saturated rings. The number of aromatic nitrogens is 4. The molecule has 2 aromatic heterocycles. The van der Waals surface area contributed by atoms with Gasteiger partial charge in [0.05, 0.1) is 38.0 Å². The van der Waals surface area contributed by atoms with Crippen molar-refractivity contribution in [3.8, 4) is 0 Å². The molecule has 1 aliphatic carbocycles. The SMILES string of the molecule is CCOP(=O)(OCC)C(COC)(OC[C@H]1O[C@@H](n2ncc3c(N(C(=O)O)C4CCCC4)nc(Cl)nc32)[C@@H]2OC(C)(C)O[C@@H]21)C(=O)NS(=O)(=O)N(C)C(=O)OC(C)(C)C. The molecule has 1 unspecified atom stereocenters. The molecule has 326 valence electrons. The molecule has 5 rings (SSSR count). The number of fused-ring (bicyclic) bond motifs is 2. The van der Waals surface area contributed by atoms with Crippen molar-refractivity contribution < 1.29 is 69.9 Å². The van der Waals surface area contributed by atoms with E-state index >= 15 is 0 Å². The number of ether oxygens (including phenoxy) is 6. The average molecular weight is 884 g/mol. The molecule has 2 aliphatic heterocycles. The summed E-state index contributed by atoms with van der Waals surface area (Å²) < 4.78 is 91.3. The van der Waals surface area contributed by atoms with Crippen LogP contribution in [0.25, 0.3) is 11.0 Å². The molecular formula is C33H51ClN7O15PS. The molecule has 2 aromatic rings. The van der Waals surface area contributed by atoms with Gasteiger partial charge < -0.3 is 42.6 Å². The largest absolute Gasteiger partial charge is 0.465 e. The summed E-state index contributed by atoms with van der Waals surface area (Å²) in [7, 11) is -7.87. The topological polar surface area (TPSA) is 259 Å². The van der Waals surface area contributed by atoms with Gasteiger partial charge in [-0.05, 0) is 72.9 Å². The summed E-state index contributed by atoms with van der Waals surface area (Å²) in [6, 6.07) is -0.336. The first kappa shape index (κ1) is 45.8. The van der Waals surface area contributed by atoms with E-state index in [2.05, 4.69) is 15.1 Å². The molecule has 2 saturated heterocycles. The van der Waals surface area contributed by atoms with Crippen LogP contribution < -0.4 is 9.62 Å². The fourth-order valence-electron chi connectivity index (χ4n) is 6.97. The van der Waals surface area contributed by atoms with Crippen LogP contribution in [-0.2, 0) is 57.0 Å². The van der Waals surface area contributed by atoms with Crippen molar-refractivity contribution in [1.29, 1.82) is 0 Å². The molecular weight excluding hydrogens is 833 g/mol. The number of amides is 3. The van der Waals surface area contributed by atoms with E-state index in [-0.39, 0.29) is 45.7 Å². The number of methoxy groups -OCH3 is 1. The van der Waals surface area contributed by atoms with Gasteiger partial charge in [-0.15, -0.1) is 0 Å². The maximum Gasteiger partial charge on any atom is 0.425 e. The quantitative estimate of drug-likeness (QED) is 0.177. The van der Waals surface area contributed by atoms with Crippen molar-refractivity contribution in [3.63, 3.8) is 0 Å². The van der Waals surface area contributed by atoms with E-state index in [1.165, 1.54) is 50.4 Å². The normalized spacial score (nSPS) is 23.4. The number of anilines is 1. The third kappa shape index (κ3) is 9.22. The Morgan fingerprint density at radius 1 is 1.10 bits per heavy atom. The van der Waals surface area contributed by atoms with Crippen LogP contribution in [0.15, 0.2) is 6.20 Å². The lowest BCUT2D eigenvalue weighted by molar-refractivity contribution is -0.207. The third-order valence-electron chi connectivity index (χ3n) is 9.35. The second kappa shape index (κ2) is 17.4. The van der Waals surface area contributed by atoms with Crippen LogP contribution in [0.5, 0.6) is 0 Å². The van der Waals surface area contributed by atoms with Crippen molar-refractivity contribution >= 4 is 64.4 Å². The molecule has 25 heteroatoms. The zero-order valence-corrected chi connectivity index (χ0v) is 36.2. The number of hydrogen-bond acceptors (Lipinski definition) is 17. The number of carboxylic acid groups (broad SMARTS) is 1. The Morgan fingerprint density at radius 2 is 1.72 bits per heavy atom. The van der Waals surface area contributed by atoms with E-state index in [9.17, 15) is 32.5 Å². The van der Waals surface area contributed by atoms with Crippen LogP contribution in [0.3, 0.4) is 0 Å². The van der Waals surface area contributed by atoms with E-state index < -0.39 is 90.4 Å². The maximum absolute atomic E-state index is 14.6. The summed E-state index contributed by atoms with van der Waals surface area (Å²) in [5.41, 5.74) is -0.981. The molecule has 3 amide bonds. The lowest BCUT2D eigenvalue weighted by Gasteiger charge is -2.37. The zero-order valence-electron chi connectivity index (χ0n) is 33.7. The van der Waals surface area contributed by atoms with E-state index in [4.69, 9.17) is 49.1 Å². The number of halogens is 1. The van der Waals surface area contributed by atoms with Crippen molar-refractivity contribution in [2.75, 3.05) is 45.5 Å². The first-order valence-corrected chi connectivity index (χ1v) is 21.9. The standard InChI is InChI=1S/C33H51ClN7O15PS/c1-10-51-57(46,52-11-2)33(18-49-9,27(42)38-58(47,48)39(8)30(45)56-31(3,4)5)50-17-21-22-23(55-32(6,7)54-22)26(53-21)41-25-20(16-35-41)24(36-28(34)37-25)40(29(43)44)19-14-12-13-15-19/h16,19,21-23,26H,10-15,17-18H2,1-9H3,(H,38,42)(H,43,44)/t21-,22-,23-,26-,33?/m1/s1. The van der Waals surface area contributed by atoms with Crippen molar-refractivity contribution in [2.45, 2.75) is 121 Å². The second-order valence-electron chi connectivity index (χ2n) is 15.1. The van der Waals surface area contributed by atoms with Gasteiger partial charge in [-0.3, -0.25) is 14.3 Å². The zero-order chi connectivity index (χ0) is 43.0. The number of nitrogens with one attached hydrogen (secondary N) is 1. The van der Waals surface area contributed by atoms with Gasteiger partial charge >= 0.3 is 30.0 Å². The highest BCUT2D eigenvalue weighted by atomic mass is 35.5. The van der Waals surface area contributed by atoms with Crippen molar-refractivity contribution in [1.82, 2.24) is 28.8 Å². The van der Waals surface area contributed by atoms with E-state index in [1.807, 2.05) is 0 Å². The average Bonchev–Trinajstić information content (AvgIpc) is 3.90. The summed E-state index contributed by atoms with van der Waals surface area (Å²) in [5.74, 6) is -2.72. The molecule has 0 aromatic carbocycles. The molecule has 0 radical (unpaired) electrons. The number of nitrogens with zero attached hydrogens (tertiary/aromatic N) is 6. The first-order valence-electron chi connectivity index (χ1n) is 18.5. The minimum absolute atomic E-state index is 0.0456. The molecule has 3 aliphatic rings. The molecule has 2 N–H and O–H groups in total. The number of carbonyl (C=O) groups is 3. The Hall–Kier alpha value is -3.25. The predicted octanol–water partition coefficient (Wildman–Crippen LogP) is 4.18. The number of carbonyl (C=O) groups excluding carboxylic acids is 2. The van der Waals surface area contributed by atoms with Crippen LogP contribution in [0.4, 0.5) is 15.4 Å². The minimum atomic E-state index is -5.03. The van der Waals surface area contributed by atoms with Gasteiger partial charge in [0.15, 0.2) is 23.5 Å². The van der Waals surface area contributed by atoms with Gasteiger partial charge in [-0.1, -0.05) is 12.8 Å². The van der Waals surface area contributed by atoms with Crippen LogP contribution in [-0.4, -0.2) is 137 Å². The summed E-state index contributed by atoms with van der Waals surface area (Å²) >= 11 is 6.39. The lowest BCUT2D eigenvalue weighted by Crippen LogP contribution is -2.57. The fourth-order valence-corrected chi connectivity index (χ4v) is 9.97. The Bertz CT molecular complexity index is 2000. The Kier molecular flexibility index (Phi) is 13.7. The summed E-state index contributed by atoms with van der Waals surface area (Å²) in [6.07, 6.45) is -2.39. The highest BCUT2D eigenvalue weighted by Crippen LogP contribution is 2.61. The monoisotopic (exact) mass is 883 g/mol. The Balaban J connectivity index is 1.52.